The van der Waals surface area contributed by atoms with Gasteiger partial charge in [0.25, 0.3) is 0 Å². The number of ether oxygens (including phenoxy) is 3. The lowest BCUT2D eigenvalue weighted by atomic mass is 10.0. The zero-order chi connectivity index (χ0) is 47.2. The lowest BCUT2D eigenvalue weighted by Gasteiger charge is -2.18. The van der Waals surface area contributed by atoms with Gasteiger partial charge in [-0.3, -0.25) is 14.4 Å². The van der Waals surface area contributed by atoms with Crippen LogP contribution in [0.1, 0.15) is 290 Å². The molecule has 0 N–H and O–H groups in total. The molecule has 0 aliphatic rings. The van der Waals surface area contributed by atoms with E-state index in [0.717, 1.165) is 64.2 Å². The van der Waals surface area contributed by atoms with Crippen LogP contribution in [0.5, 0.6) is 0 Å². The summed E-state index contributed by atoms with van der Waals surface area (Å²) in [5.41, 5.74) is 0. The average molecular weight is 911 g/mol. The van der Waals surface area contributed by atoms with E-state index in [0.29, 0.717) is 19.3 Å². The zero-order valence-electron chi connectivity index (χ0n) is 43.3. The van der Waals surface area contributed by atoms with Gasteiger partial charge in [0.05, 0.1) is 0 Å². The van der Waals surface area contributed by atoms with E-state index < -0.39 is 6.10 Å². The Morgan fingerprint density at radius 1 is 0.323 bits per heavy atom. The smallest absolute Gasteiger partial charge is 0.306 e. The van der Waals surface area contributed by atoms with Crippen LogP contribution in [0.4, 0.5) is 0 Å². The maximum absolute atomic E-state index is 12.8. The van der Waals surface area contributed by atoms with Gasteiger partial charge in [0, 0.05) is 19.3 Å². The molecule has 0 aromatic heterocycles. The van der Waals surface area contributed by atoms with Gasteiger partial charge in [-0.2, -0.15) is 0 Å². The fraction of sp³-hybridized carbons (Fsp3) is 0.814. The third kappa shape index (κ3) is 52.2. The molecule has 0 fully saturated rings. The summed E-state index contributed by atoms with van der Waals surface area (Å²) in [5.74, 6) is -0.960. The lowest BCUT2D eigenvalue weighted by Crippen LogP contribution is -2.30. The highest BCUT2D eigenvalue weighted by molar-refractivity contribution is 5.71. The van der Waals surface area contributed by atoms with Crippen molar-refractivity contribution >= 4 is 17.9 Å². The molecule has 378 valence electrons. The Morgan fingerprint density at radius 2 is 0.600 bits per heavy atom. The predicted octanol–water partition coefficient (Wildman–Crippen LogP) is 18.7. The van der Waals surface area contributed by atoms with Gasteiger partial charge in [0.2, 0.25) is 0 Å². The minimum absolute atomic E-state index is 0.0905. The van der Waals surface area contributed by atoms with Gasteiger partial charge >= 0.3 is 17.9 Å². The molecule has 0 saturated carbocycles. The van der Waals surface area contributed by atoms with Crippen molar-refractivity contribution in [3.63, 3.8) is 0 Å². The van der Waals surface area contributed by atoms with Crippen molar-refractivity contribution in [3.05, 3.63) is 48.6 Å². The van der Waals surface area contributed by atoms with Gasteiger partial charge < -0.3 is 14.2 Å². The summed E-state index contributed by atoms with van der Waals surface area (Å²) in [6, 6.07) is 0. The van der Waals surface area contributed by atoms with Crippen molar-refractivity contribution in [1.82, 2.24) is 0 Å². The monoisotopic (exact) mass is 911 g/mol. The van der Waals surface area contributed by atoms with Crippen LogP contribution in [-0.4, -0.2) is 37.2 Å². The molecule has 65 heavy (non-hydrogen) atoms. The molecule has 0 aromatic rings. The zero-order valence-corrected chi connectivity index (χ0v) is 43.3. The minimum atomic E-state index is -0.797. The molecular formula is C59H106O6. The molecule has 0 rings (SSSR count). The number of carbonyl (C=O) groups is 3. The third-order valence-electron chi connectivity index (χ3n) is 12.4. The van der Waals surface area contributed by atoms with Crippen LogP contribution in [-0.2, 0) is 28.6 Å². The number of esters is 3. The van der Waals surface area contributed by atoms with Gasteiger partial charge in [-0.05, 0) is 44.9 Å². The molecule has 0 aliphatic carbocycles. The summed E-state index contributed by atoms with van der Waals surface area (Å²) < 4.78 is 16.8. The van der Waals surface area contributed by atoms with Crippen molar-refractivity contribution in [3.8, 4) is 0 Å². The molecule has 0 spiro atoms. The normalized spacial score (nSPS) is 12.4. The summed E-state index contributed by atoms with van der Waals surface area (Å²) in [6.45, 7) is 6.50. The summed E-state index contributed by atoms with van der Waals surface area (Å²) in [5, 5.41) is 0. The standard InChI is InChI=1S/C59H106O6/c1-4-7-10-13-16-19-22-25-27-29-31-34-37-40-43-46-49-52-58(61)64-55-56(54-63-57(60)51-48-45-42-39-36-33-24-21-18-15-12-9-6-3)65-59(62)53-50-47-44-41-38-35-32-30-28-26-23-20-17-14-11-8-5-2/h9,12,18,21,33,36,42,45,56H,4-8,10-11,13-17,19-20,22-32,34-35,37-41,43-44,46-55H2,1-3H3/b12-9-,21-18-,36-33-,45-42-. The maximum Gasteiger partial charge on any atom is 0.306 e. The fourth-order valence-corrected chi connectivity index (χ4v) is 8.16. The van der Waals surface area contributed by atoms with E-state index in [-0.39, 0.29) is 37.5 Å². The van der Waals surface area contributed by atoms with Crippen molar-refractivity contribution in [1.29, 1.82) is 0 Å². The van der Waals surface area contributed by atoms with Crippen molar-refractivity contribution in [2.24, 2.45) is 0 Å². The molecule has 6 nitrogen and oxygen atoms in total. The SMILES string of the molecule is CC/C=C\C/C=C\C/C=C\C/C=C\CCC(=O)OCC(COC(=O)CCCCCCCCCCCCCCCCCCC)OC(=O)CCCCCCCCCCCCCCCCCCC. The number of rotatable bonds is 51. The summed E-state index contributed by atoms with van der Waals surface area (Å²) >= 11 is 0. The van der Waals surface area contributed by atoms with Gasteiger partial charge in [-0.25, -0.2) is 0 Å². The fourth-order valence-electron chi connectivity index (χ4n) is 8.16. The number of carbonyl (C=O) groups excluding carboxylic acids is 3. The predicted molar refractivity (Wildman–Crippen MR) is 279 cm³/mol. The Labute approximate surface area is 403 Å². The molecule has 1 atom stereocenters. The van der Waals surface area contributed by atoms with Gasteiger partial charge in [0.1, 0.15) is 13.2 Å². The topological polar surface area (TPSA) is 78.9 Å². The first-order chi connectivity index (χ1) is 32.0. The highest BCUT2D eigenvalue weighted by Gasteiger charge is 2.19. The maximum atomic E-state index is 12.8. The lowest BCUT2D eigenvalue weighted by molar-refractivity contribution is -0.166. The first-order valence-electron chi connectivity index (χ1n) is 28.1. The van der Waals surface area contributed by atoms with Crippen LogP contribution in [0, 0.1) is 0 Å². The molecule has 0 saturated heterocycles. The van der Waals surface area contributed by atoms with Crippen LogP contribution in [0.25, 0.3) is 0 Å². The highest BCUT2D eigenvalue weighted by Crippen LogP contribution is 2.17. The molecule has 6 heteroatoms. The highest BCUT2D eigenvalue weighted by atomic mass is 16.6. The molecule has 0 aliphatic heterocycles. The Hall–Kier alpha value is -2.63. The van der Waals surface area contributed by atoms with E-state index >= 15 is 0 Å². The summed E-state index contributed by atoms with van der Waals surface area (Å²) in [6.07, 6.45) is 65.5. The van der Waals surface area contributed by atoms with Gasteiger partial charge in [0.15, 0.2) is 6.10 Å². The quantitative estimate of drug-likeness (QED) is 0.0262. The number of unbranched alkanes of at least 4 members (excludes halogenated alkanes) is 32. The molecule has 0 heterocycles. The number of hydrogen-bond acceptors (Lipinski definition) is 6. The third-order valence-corrected chi connectivity index (χ3v) is 12.4. The first kappa shape index (κ1) is 62.4. The molecule has 0 bridgehead atoms. The molecule has 0 aromatic carbocycles. The Morgan fingerprint density at radius 3 is 0.938 bits per heavy atom. The van der Waals surface area contributed by atoms with E-state index in [9.17, 15) is 14.4 Å². The minimum Gasteiger partial charge on any atom is -0.462 e. The molecule has 0 amide bonds. The Bertz CT molecular complexity index is 1140. The molecular weight excluding hydrogens is 805 g/mol. The van der Waals surface area contributed by atoms with E-state index in [2.05, 4.69) is 63.3 Å². The van der Waals surface area contributed by atoms with Crippen molar-refractivity contribution < 1.29 is 28.6 Å². The first-order valence-corrected chi connectivity index (χ1v) is 28.1. The van der Waals surface area contributed by atoms with Crippen LogP contribution in [0.2, 0.25) is 0 Å². The van der Waals surface area contributed by atoms with Crippen LogP contribution in [0.15, 0.2) is 48.6 Å². The van der Waals surface area contributed by atoms with Crippen LogP contribution >= 0.6 is 0 Å². The van der Waals surface area contributed by atoms with Crippen LogP contribution in [0.3, 0.4) is 0 Å². The number of allylic oxidation sites excluding steroid dienone is 8. The van der Waals surface area contributed by atoms with Crippen molar-refractivity contribution in [2.75, 3.05) is 13.2 Å². The summed E-state index contributed by atoms with van der Waals surface area (Å²) in [7, 11) is 0. The van der Waals surface area contributed by atoms with E-state index in [1.807, 2.05) is 6.08 Å². The van der Waals surface area contributed by atoms with Gasteiger partial charge in [-0.15, -0.1) is 0 Å². The second-order valence-corrected chi connectivity index (χ2v) is 18.8. The van der Waals surface area contributed by atoms with E-state index in [4.69, 9.17) is 14.2 Å². The number of hydrogen-bond donors (Lipinski definition) is 0. The van der Waals surface area contributed by atoms with E-state index in [1.165, 1.54) is 180 Å². The second kappa shape index (κ2) is 54.0. The Balaban J connectivity index is 4.38. The average Bonchev–Trinajstić information content (AvgIpc) is 3.30. The van der Waals surface area contributed by atoms with Crippen molar-refractivity contribution in [2.45, 2.75) is 297 Å². The van der Waals surface area contributed by atoms with Crippen LogP contribution < -0.4 is 0 Å². The largest absolute Gasteiger partial charge is 0.462 e. The Kier molecular flexibility index (Phi) is 51.8. The second-order valence-electron chi connectivity index (χ2n) is 18.8. The molecule has 1 unspecified atom stereocenters. The summed E-state index contributed by atoms with van der Waals surface area (Å²) in [4.78, 5) is 38.0. The van der Waals surface area contributed by atoms with Gasteiger partial charge in [-0.1, -0.05) is 275 Å². The van der Waals surface area contributed by atoms with E-state index in [1.54, 1.807) is 0 Å². The molecule has 0 radical (unpaired) electrons.